The molecule has 0 spiro atoms. The molecule has 0 amide bonds. The number of imidazole rings is 1. The lowest BCUT2D eigenvalue weighted by Gasteiger charge is -2.38. The summed E-state index contributed by atoms with van der Waals surface area (Å²) in [5, 5.41) is 10.6. The van der Waals surface area contributed by atoms with E-state index in [1.807, 2.05) is 24.6 Å². The third kappa shape index (κ3) is 5.33. The number of hydrogen-bond acceptors (Lipinski definition) is 6. The predicted octanol–water partition coefficient (Wildman–Crippen LogP) is 2.79. The van der Waals surface area contributed by atoms with Gasteiger partial charge in [-0.05, 0) is 44.9 Å². The summed E-state index contributed by atoms with van der Waals surface area (Å²) < 4.78 is 36.6. The second-order valence-electron chi connectivity index (χ2n) is 9.47. The number of hydrogen-bond donors (Lipinski definition) is 2. The first-order valence-electron chi connectivity index (χ1n) is 12.7. The number of piperazine rings is 1. The number of nitrogens with zero attached hydrogens (tertiary/aromatic N) is 5. The van der Waals surface area contributed by atoms with E-state index in [9.17, 15) is 8.42 Å². The Morgan fingerprint density at radius 3 is 2.56 bits per heavy atom. The molecule has 0 atom stereocenters. The van der Waals surface area contributed by atoms with Crippen LogP contribution in [0.2, 0.25) is 0 Å². The monoisotopic (exact) mass is 515 g/mol. The molecule has 0 aliphatic carbocycles. The highest BCUT2D eigenvalue weighted by Crippen LogP contribution is 2.35. The average molecular weight is 516 g/mol. The van der Waals surface area contributed by atoms with Crippen molar-refractivity contribution in [3.05, 3.63) is 30.1 Å². The summed E-state index contributed by atoms with van der Waals surface area (Å²) in [5.74, 6) is 1.73. The lowest BCUT2D eigenvalue weighted by atomic mass is 10.1. The number of rotatable bonds is 8. The van der Waals surface area contributed by atoms with E-state index in [0.29, 0.717) is 60.9 Å². The maximum atomic E-state index is 13.6. The number of aliphatic imine (C=N–C) groups is 1. The molecule has 2 aliphatic rings. The largest absolute Gasteiger partial charge is 0.491 e. The predicted molar refractivity (Wildman–Crippen MR) is 141 cm³/mol. The van der Waals surface area contributed by atoms with Crippen molar-refractivity contribution < 1.29 is 13.2 Å². The van der Waals surface area contributed by atoms with Crippen LogP contribution in [0.5, 0.6) is 5.75 Å². The van der Waals surface area contributed by atoms with Gasteiger partial charge in [0.15, 0.2) is 5.84 Å². The molecule has 11 heteroatoms. The van der Waals surface area contributed by atoms with Gasteiger partial charge in [0, 0.05) is 44.5 Å². The number of nitrogens with one attached hydrogen (secondary N) is 2. The van der Waals surface area contributed by atoms with Gasteiger partial charge < -0.3 is 14.6 Å². The van der Waals surface area contributed by atoms with Crippen molar-refractivity contribution in [3.8, 4) is 17.1 Å². The van der Waals surface area contributed by atoms with Crippen molar-refractivity contribution in [1.82, 2.24) is 24.1 Å². The number of aromatic nitrogens is 2. The van der Waals surface area contributed by atoms with Crippen LogP contribution in [0, 0.1) is 5.41 Å². The number of benzene rings is 1. The first kappa shape index (κ1) is 26.3. The summed E-state index contributed by atoms with van der Waals surface area (Å²) >= 11 is 0. The zero-order valence-corrected chi connectivity index (χ0v) is 22.4. The molecule has 0 saturated carbocycles. The topological polar surface area (TPSA) is 116 Å². The second kappa shape index (κ2) is 11.1. The second-order valence-corrected chi connectivity index (χ2v) is 11.4. The number of sulfonamides is 1. The fourth-order valence-corrected chi connectivity index (χ4v) is 6.37. The molecule has 4 rings (SSSR count). The summed E-state index contributed by atoms with van der Waals surface area (Å²) in [4.78, 5) is 11.6. The molecule has 1 saturated heterocycles. The van der Waals surface area contributed by atoms with Crippen LogP contribution >= 0.6 is 0 Å². The van der Waals surface area contributed by atoms with Gasteiger partial charge in [0.1, 0.15) is 30.2 Å². The standard InChI is InChI=1S/C25H37N7O3S/c1-5-19(6-2)30-9-11-32(12-10-30)36(33,34)20-7-8-23-21(15-20)25-29-22(16-31(25)13-14-35-23)24(27-17-26)28-18(3)4/h7-8,15-19H,5-6,9-14H2,1-4H3,(H2,26,27,28). The Balaban J connectivity index is 1.65. The van der Waals surface area contributed by atoms with Gasteiger partial charge in [-0.3, -0.25) is 10.3 Å². The van der Waals surface area contributed by atoms with Gasteiger partial charge in [0.05, 0.1) is 17.0 Å². The van der Waals surface area contributed by atoms with Crippen LogP contribution in [0.1, 0.15) is 46.2 Å². The van der Waals surface area contributed by atoms with Crippen molar-refractivity contribution in [3.63, 3.8) is 0 Å². The lowest BCUT2D eigenvalue weighted by molar-refractivity contribution is 0.130. The molecule has 0 unspecified atom stereocenters. The van der Waals surface area contributed by atoms with Crippen LogP contribution in [0.15, 0.2) is 34.3 Å². The van der Waals surface area contributed by atoms with Crippen molar-refractivity contribution in [2.24, 2.45) is 4.99 Å². The van der Waals surface area contributed by atoms with Gasteiger partial charge >= 0.3 is 0 Å². The molecule has 1 fully saturated rings. The quantitative estimate of drug-likeness (QED) is 0.413. The van der Waals surface area contributed by atoms with Gasteiger partial charge in [0.25, 0.3) is 0 Å². The van der Waals surface area contributed by atoms with Crippen LogP contribution in [0.4, 0.5) is 0 Å². The number of amidine groups is 1. The van der Waals surface area contributed by atoms with E-state index in [2.05, 4.69) is 29.1 Å². The maximum Gasteiger partial charge on any atom is 0.243 e. The molecule has 2 aliphatic heterocycles. The maximum absolute atomic E-state index is 13.6. The Morgan fingerprint density at radius 2 is 1.92 bits per heavy atom. The fraction of sp³-hybridized carbons (Fsp3) is 0.560. The highest BCUT2D eigenvalue weighted by atomic mass is 32.2. The third-order valence-electron chi connectivity index (χ3n) is 6.79. The van der Waals surface area contributed by atoms with Crippen molar-refractivity contribution >= 4 is 22.2 Å². The van der Waals surface area contributed by atoms with Crippen LogP contribution in [-0.2, 0) is 16.6 Å². The Kier molecular flexibility index (Phi) is 8.11. The summed E-state index contributed by atoms with van der Waals surface area (Å²) in [6.07, 6.45) is 4.99. The highest BCUT2D eigenvalue weighted by molar-refractivity contribution is 7.89. The smallest absolute Gasteiger partial charge is 0.243 e. The highest BCUT2D eigenvalue weighted by Gasteiger charge is 2.31. The van der Waals surface area contributed by atoms with E-state index < -0.39 is 10.0 Å². The summed E-state index contributed by atoms with van der Waals surface area (Å²) in [7, 11) is -3.66. The molecule has 196 valence electrons. The molecule has 10 nitrogen and oxygen atoms in total. The Bertz CT molecular complexity index is 1210. The molecule has 1 aromatic heterocycles. The molecule has 3 heterocycles. The van der Waals surface area contributed by atoms with Gasteiger partial charge in [-0.15, -0.1) is 0 Å². The molecular formula is C25H37N7O3S. The van der Waals surface area contributed by atoms with Crippen molar-refractivity contribution in [2.45, 2.75) is 64.1 Å². The molecule has 36 heavy (non-hydrogen) atoms. The molecule has 1 aromatic carbocycles. The van der Waals surface area contributed by atoms with E-state index in [0.717, 1.165) is 32.3 Å². The fourth-order valence-electron chi connectivity index (χ4n) is 4.92. The van der Waals surface area contributed by atoms with Gasteiger partial charge in [-0.2, -0.15) is 4.31 Å². The van der Waals surface area contributed by atoms with Crippen LogP contribution in [-0.4, -0.2) is 84.2 Å². The van der Waals surface area contributed by atoms with E-state index in [4.69, 9.17) is 15.1 Å². The first-order chi connectivity index (χ1) is 17.3. The van der Waals surface area contributed by atoms with Crippen molar-refractivity contribution in [2.75, 3.05) is 32.8 Å². The van der Waals surface area contributed by atoms with Crippen LogP contribution in [0.3, 0.4) is 0 Å². The van der Waals surface area contributed by atoms with E-state index in [1.165, 1.54) is 0 Å². The van der Waals surface area contributed by atoms with E-state index in [1.54, 1.807) is 22.5 Å². The van der Waals surface area contributed by atoms with Crippen molar-refractivity contribution in [1.29, 1.82) is 5.41 Å². The summed E-state index contributed by atoms with van der Waals surface area (Å²) in [6, 6.07) is 5.64. The third-order valence-corrected chi connectivity index (χ3v) is 8.68. The SMILES string of the molecule is CCC(CC)N1CCN(S(=O)(=O)c2ccc3c(c2)-c2nc(/C(=N/C=N)NC(C)C)cn2CCO3)CC1. The van der Waals surface area contributed by atoms with Gasteiger partial charge in [0.2, 0.25) is 10.0 Å². The molecule has 0 radical (unpaired) electrons. The Hall–Kier alpha value is -2.76. The first-order valence-corrected chi connectivity index (χ1v) is 14.1. The Morgan fingerprint density at radius 1 is 1.19 bits per heavy atom. The molecular weight excluding hydrogens is 478 g/mol. The molecule has 2 N–H and O–H groups in total. The minimum atomic E-state index is -3.66. The Labute approximate surface area is 213 Å². The number of fused-ring (bicyclic) bond motifs is 3. The van der Waals surface area contributed by atoms with E-state index in [-0.39, 0.29) is 10.9 Å². The summed E-state index contributed by atoms with van der Waals surface area (Å²) in [6.45, 7) is 11.8. The number of ether oxygens (including phenoxy) is 1. The lowest BCUT2D eigenvalue weighted by Crippen LogP contribution is -2.51. The van der Waals surface area contributed by atoms with Crippen LogP contribution < -0.4 is 10.1 Å². The zero-order chi connectivity index (χ0) is 25.9. The minimum Gasteiger partial charge on any atom is -0.491 e. The summed E-state index contributed by atoms with van der Waals surface area (Å²) in [5.41, 5.74) is 1.23. The van der Waals surface area contributed by atoms with Gasteiger partial charge in [-0.1, -0.05) is 13.8 Å². The molecule has 0 bridgehead atoms. The average Bonchev–Trinajstić information content (AvgIpc) is 3.21. The van der Waals surface area contributed by atoms with Crippen LogP contribution in [0.25, 0.3) is 11.4 Å². The van der Waals surface area contributed by atoms with Gasteiger partial charge in [-0.25, -0.2) is 18.4 Å². The normalized spacial score (nSPS) is 17.4. The molecule has 2 aromatic rings. The van der Waals surface area contributed by atoms with E-state index >= 15 is 0 Å². The minimum absolute atomic E-state index is 0.114. The zero-order valence-electron chi connectivity index (χ0n) is 21.6.